The van der Waals surface area contributed by atoms with Crippen LogP contribution in [0.1, 0.15) is 24.6 Å². The number of amides is 1. The highest BCUT2D eigenvalue weighted by atomic mass is 35.5. The van der Waals surface area contributed by atoms with Crippen molar-refractivity contribution >= 4 is 61.7 Å². The summed E-state index contributed by atoms with van der Waals surface area (Å²) in [7, 11) is -4.23. The molecule has 5 rings (SSSR count). The molecule has 208 valence electrons. The fourth-order valence-electron chi connectivity index (χ4n) is 4.82. The summed E-state index contributed by atoms with van der Waals surface area (Å²) in [5.74, 6) is -1.25. The number of likely N-dealkylation sites (tertiary alicyclic amines) is 1. The molecule has 1 saturated heterocycles. The highest BCUT2D eigenvalue weighted by molar-refractivity contribution is 7.90. The zero-order chi connectivity index (χ0) is 28.6. The molecule has 1 fully saturated rings. The Hall–Kier alpha value is -3.51. The predicted octanol–water partition coefficient (Wildman–Crippen LogP) is 5.32. The number of nitrogens with one attached hydrogen (secondary N) is 1. The molecule has 0 radical (unpaired) electrons. The Bertz CT molecular complexity index is 1710. The number of carbonyl (C=O) groups is 1. The van der Waals surface area contributed by atoms with Crippen LogP contribution in [0.4, 0.5) is 15.9 Å². The molecule has 0 bridgehead atoms. The van der Waals surface area contributed by atoms with Gasteiger partial charge in [0.25, 0.3) is 10.0 Å². The molecule has 1 unspecified atom stereocenters. The molecule has 2 aromatic heterocycles. The lowest BCUT2D eigenvalue weighted by molar-refractivity contribution is -0.128. The van der Waals surface area contributed by atoms with Crippen LogP contribution in [0.15, 0.2) is 72.4 Å². The number of anilines is 2. The molecule has 0 spiro atoms. The number of aliphatic hydroxyl groups excluding tert-OH is 1. The molecule has 3 heterocycles. The van der Waals surface area contributed by atoms with Crippen LogP contribution in [0.3, 0.4) is 0 Å². The fraction of sp³-hybridized carbons (Fsp3) is 0.222. The second-order valence-corrected chi connectivity index (χ2v) is 11.8. The van der Waals surface area contributed by atoms with Crippen molar-refractivity contribution in [3.05, 3.63) is 89.1 Å². The Balaban J connectivity index is 1.62. The standard InChI is InChI=1S/C27H24Cl2FN5O4S/c1-2-22(36)34-12-10-16(11-13-34)25(37)21-14-18-26(33-20-9-8-19(28)23(29)24(20)30)31-15-32-27(18)35(21)40(38,39)17-6-4-3-5-7-17/h2-9,14-16,25,37H,1,10-13H2,(H,31,32,33). The third kappa shape index (κ3) is 5.05. The molecular formula is C27H24Cl2FN5O4S. The second kappa shape index (κ2) is 11.2. The van der Waals surface area contributed by atoms with Crippen molar-refractivity contribution in [3.8, 4) is 0 Å². The first-order valence-electron chi connectivity index (χ1n) is 12.3. The Morgan fingerprint density at radius 3 is 2.52 bits per heavy atom. The third-order valence-electron chi connectivity index (χ3n) is 6.93. The Morgan fingerprint density at radius 2 is 1.85 bits per heavy atom. The number of carbonyl (C=O) groups excluding carboxylic acids is 1. The highest BCUT2D eigenvalue weighted by Gasteiger charge is 2.34. The second-order valence-electron chi connectivity index (χ2n) is 9.27. The SMILES string of the molecule is C=CC(=O)N1CCC(C(O)c2cc3c(Nc4ccc(Cl)c(Cl)c4F)ncnc3n2S(=O)(=O)c2ccccc2)CC1. The van der Waals surface area contributed by atoms with Crippen LogP contribution in [-0.2, 0) is 14.8 Å². The first-order valence-corrected chi connectivity index (χ1v) is 14.5. The average molecular weight is 604 g/mol. The molecule has 0 saturated carbocycles. The van der Waals surface area contributed by atoms with Gasteiger partial charge in [-0.05, 0) is 55.2 Å². The van der Waals surface area contributed by atoms with Crippen LogP contribution >= 0.6 is 23.2 Å². The monoisotopic (exact) mass is 603 g/mol. The van der Waals surface area contributed by atoms with Crippen molar-refractivity contribution in [2.45, 2.75) is 23.8 Å². The molecule has 9 nitrogen and oxygen atoms in total. The molecular weight excluding hydrogens is 580 g/mol. The minimum atomic E-state index is -4.23. The first-order chi connectivity index (χ1) is 19.1. The molecule has 13 heteroatoms. The number of hydrogen-bond donors (Lipinski definition) is 2. The maximum Gasteiger partial charge on any atom is 0.269 e. The van der Waals surface area contributed by atoms with Gasteiger partial charge in [-0.25, -0.2) is 26.7 Å². The largest absolute Gasteiger partial charge is 0.387 e. The summed E-state index contributed by atoms with van der Waals surface area (Å²) in [6.07, 6.45) is 2.05. The van der Waals surface area contributed by atoms with Crippen molar-refractivity contribution in [3.63, 3.8) is 0 Å². The van der Waals surface area contributed by atoms with Gasteiger partial charge in [-0.3, -0.25) is 4.79 Å². The summed E-state index contributed by atoms with van der Waals surface area (Å²) in [5, 5.41) is 14.4. The van der Waals surface area contributed by atoms with Gasteiger partial charge < -0.3 is 15.3 Å². The van der Waals surface area contributed by atoms with Gasteiger partial charge in [0.05, 0.1) is 37.8 Å². The van der Waals surface area contributed by atoms with Crippen LogP contribution < -0.4 is 5.32 Å². The van der Waals surface area contributed by atoms with Crippen LogP contribution in [0.5, 0.6) is 0 Å². The highest BCUT2D eigenvalue weighted by Crippen LogP contribution is 2.38. The number of aromatic nitrogens is 3. The van der Waals surface area contributed by atoms with E-state index in [0.717, 1.165) is 10.3 Å². The zero-order valence-electron chi connectivity index (χ0n) is 21.0. The van der Waals surface area contributed by atoms with Gasteiger partial charge in [0, 0.05) is 13.1 Å². The van der Waals surface area contributed by atoms with E-state index in [4.69, 9.17) is 23.2 Å². The van der Waals surface area contributed by atoms with Gasteiger partial charge in [-0.1, -0.05) is 48.0 Å². The Labute approximate surface area is 239 Å². The number of hydrogen-bond acceptors (Lipinski definition) is 7. The van der Waals surface area contributed by atoms with Gasteiger partial charge in [0.2, 0.25) is 5.91 Å². The topological polar surface area (TPSA) is 117 Å². The van der Waals surface area contributed by atoms with Gasteiger partial charge in [0.1, 0.15) is 12.1 Å². The van der Waals surface area contributed by atoms with Crippen LogP contribution in [0.2, 0.25) is 10.0 Å². The Kier molecular flexibility index (Phi) is 7.83. The molecule has 1 aliphatic rings. The number of piperidine rings is 1. The maximum atomic E-state index is 14.8. The minimum Gasteiger partial charge on any atom is -0.387 e. The van der Waals surface area contributed by atoms with E-state index in [0.29, 0.717) is 25.9 Å². The molecule has 1 atom stereocenters. The van der Waals surface area contributed by atoms with E-state index in [9.17, 15) is 22.7 Å². The smallest absolute Gasteiger partial charge is 0.269 e. The quantitative estimate of drug-likeness (QED) is 0.217. The zero-order valence-corrected chi connectivity index (χ0v) is 23.3. The van der Waals surface area contributed by atoms with Crippen molar-refractivity contribution < 1.29 is 22.7 Å². The van der Waals surface area contributed by atoms with E-state index in [1.165, 1.54) is 36.4 Å². The van der Waals surface area contributed by atoms with Crippen molar-refractivity contribution in [2.24, 2.45) is 5.92 Å². The molecule has 4 aromatic rings. The maximum absolute atomic E-state index is 14.8. The summed E-state index contributed by atoms with van der Waals surface area (Å²) in [5.41, 5.74) is 0.0371. The lowest BCUT2D eigenvalue weighted by Crippen LogP contribution is -2.39. The van der Waals surface area contributed by atoms with Crippen molar-refractivity contribution in [2.75, 3.05) is 18.4 Å². The van der Waals surface area contributed by atoms with E-state index in [-0.39, 0.29) is 55.0 Å². The number of fused-ring (bicyclic) bond motifs is 1. The number of halogens is 3. The number of rotatable bonds is 7. The molecule has 40 heavy (non-hydrogen) atoms. The Morgan fingerprint density at radius 1 is 1.15 bits per heavy atom. The number of aliphatic hydroxyl groups is 1. The van der Waals surface area contributed by atoms with Crippen molar-refractivity contribution in [1.29, 1.82) is 0 Å². The molecule has 2 N–H and O–H groups in total. The van der Waals surface area contributed by atoms with Crippen molar-refractivity contribution in [1.82, 2.24) is 18.8 Å². The summed E-state index contributed by atoms with van der Waals surface area (Å²) in [6.45, 7) is 4.30. The molecule has 1 amide bonds. The van der Waals surface area contributed by atoms with Gasteiger partial charge in [-0.15, -0.1) is 0 Å². The van der Waals surface area contributed by atoms with E-state index in [1.807, 2.05) is 0 Å². The van der Waals surface area contributed by atoms with Gasteiger partial charge in [0.15, 0.2) is 11.5 Å². The van der Waals surface area contributed by atoms with E-state index in [1.54, 1.807) is 23.1 Å². The first kappa shape index (κ1) is 28.0. The molecule has 2 aromatic carbocycles. The lowest BCUT2D eigenvalue weighted by Gasteiger charge is -2.34. The van der Waals surface area contributed by atoms with Crippen LogP contribution in [0, 0.1) is 11.7 Å². The third-order valence-corrected chi connectivity index (χ3v) is 9.44. The summed E-state index contributed by atoms with van der Waals surface area (Å²) in [6, 6.07) is 12.0. The summed E-state index contributed by atoms with van der Waals surface area (Å²) < 4.78 is 43.7. The molecule has 0 aliphatic carbocycles. The molecule has 1 aliphatic heterocycles. The van der Waals surface area contributed by atoms with E-state index in [2.05, 4.69) is 21.9 Å². The number of benzene rings is 2. The van der Waals surface area contributed by atoms with Gasteiger partial charge >= 0.3 is 0 Å². The van der Waals surface area contributed by atoms with Gasteiger partial charge in [-0.2, -0.15) is 0 Å². The normalized spacial score (nSPS) is 15.2. The van der Waals surface area contributed by atoms with E-state index >= 15 is 0 Å². The fourth-order valence-corrected chi connectivity index (χ4v) is 6.66. The minimum absolute atomic E-state index is 0.00371. The van der Waals surface area contributed by atoms with Crippen LogP contribution in [-0.4, -0.2) is 51.4 Å². The van der Waals surface area contributed by atoms with E-state index < -0.39 is 21.9 Å². The summed E-state index contributed by atoms with van der Waals surface area (Å²) in [4.78, 5) is 22.1. The lowest BCUT2D eigenvalue weighted by atomic mass is 9.89. The summed E-state index contributed by atoms with van der Waals surface area (Å²) >= 11 is 11.9. The average Bonchev–Trinajstić information content (AvgIpc) is 3.38. The predicted molar refractivity (Wildman–Crippen MR) is 151 cm³/mol. The number of nitrogens with zero attached hydrogens (tertiary/aromatic N) is 4. The van der Waals surface area contributed by atoms with Crippen LogP contribution in [0.25, 0.3) is 11.0 Å².